The fourth-order valence-corrected chi connectivity index (χ4v) is 2.99. The van der Waals surface area contributed by atoms with E-state index < -0.39 is 0 Å². The Morgan fingerprint density at radius 1 is 1.24 bits per heavy atom. The number of methoxy groups -OCH3 is 1. The second kappa shape index (κ2) is 8.89. The quantitative estimate of drug-likeness (QED) is 0.705. The molecule has 2 heterocycles. The summed E-state index contributed by atoms with van der Waals surface area (Å²) in [5, 5.41) is 5.72. The minimum atomic E-state index is -0.198. The Morgan fingerprint density at radius 3 is 2.84 bits per heavy atom. The Hall–Kier alpha value is -2.03. The normalized spacial score (nSPS) is 18.0. The average molecular weight is 351 g/mol. The molecule has 2 N–H and O–H groups in total. The molecule has 1 saturated heterocycles. The number of carbonyl (C=O) groups excluding carboxylic acids is 1. The van der Waals surface area contributed by atoms with Gasteiger partial charge in [-0.25, -0.2) is 4.79 Å². The topological polar surface area (TPSA) is 81.3 Å². The molecule has 138 valence electrons. The van der Waals surface area contributed by atoms with E-state index in [1.165, 1.54) is 0 Å². The number of carbonyl (C=O) groups is 1. The zero-order valence-electron chi connectivity index (χ0n) is 14.5. The van der Waals surface area contributed by atoms with Crippen molar-refractivity contribution in [1.82, 2.24) is 15.5 Å². The van der Waals surface area contributed by atoms with Crippen molar-refractivity contribution < 1.29 is 23.7 Å². The molecule has 0 aromatic heterocycles. The first-order valence-electron chi connectivity index (χ1n) is 8.50. The van der Waals surface area contributed by atoms with E-state index in [9.17, 15) is 4.79 Å². The van der Waals surface area contributed by atoms with Crippen LogP contribution in [-0.4, -0.2) is 70.8 Å². The zero-order chi connectivity index (χ0) is 17.5. The largest absolute Gasteiger partial charge is 0.454 e. The number of hydrogen-bond donors (Lipinski definition) is 2. The number of hydrogen-bond acceptors (Lipinski definition) is 6. The maximum Gasteiger partial charge on any atom is 0.314 e. The van der Waals surface area contributed by atoms with E-state index in [2.05, 4.69) is 15.5 Å². The first-order chi connectivity index (χ1) is 12.3. The van der Waals surface area contributed by atoms with Crippen LogP contribution in [0.15, 0.2) is 18.2 Å². The highest BCUT2D eigenvalue weighted by Gasteiger charge is 2.25. The highest BCUT2D eigenvalue weighted by Crippen LogP contribution is 2.35. The monoisotopic (exact) mass is 351 g/mol. The van der Waals surface area contributed by atoms with Gasteiger partial charge in [0.05, 0.1) is 25.9 Å². The van der Waals surface area contributed by atoms with Crippen LogP contribution in [0.3, 0.4) is 0 Å². The van der Waals surface area contributed by atoms with Gasteiger partial charge >= 0.3 is 6.03 Å². The molecule has 1 unspecified atom stereocenters. The minimum absolute atomic E-state index is 0.0478. The maximum absolute atomic E-state index is 12.0. The molecule has 0 aliphatic carbocycles. The Balaban J connectivity index is 1.66. The van der Waals surface area contributed by atoms with Gasteiger partial charge in [-0.1, -0.05) is 6.07 Å². The van der Waals surface area contributed by atoms with Gasteiger partial charge in [-0.2, -0.15) is 0 Å². The van der Waals surface area contributed by atoms with Crippen molar-refractivity contribution in [3.8, 4) is 11.5 Å². The average Bonchev–Trinajstić information content (AvgIpc) is 3.11. The van der Waals surface area contributed by atoms with Crippen LogP contribution in [0.1, 0.15) is 11.6 Å². The third-order valence-corrected chi connectivity index (χ3v) is 4.32. The molecule has 2 amide bonds. The molecule has 1 fully saturated rings. The highest BCUT2D eigenvalue weighted by molar-refractivity contribution is 5.73. The van der Waals surface area contributed by atoms with Crippen LogP contribution in [0.4, 0.5) is 4.79 Å². The molecule has 0 bridgehead atoms. The molecule has 0 spiro atoms. The van der Waals surface area contributed by atoms with Crippen molar-refractivity contribution in [2.24, 2.45) is 0 Å². The van der Waals surface area contributed by atoms with Crippen LogP contribution < -0.4 is 20.1 Å². The number of nitrogens with zero attached hydrogens (tertiary/aromatic N) is 1. The lowest BCUT2D eigenvalue weighted by Crippen LogP contribution is -2.46. The molecular formula is C17H25N3O5. The third kappa shape index (κ3) is 4.75. The number of benzene rings is 1. The summed E-state index contributed by atoms with van der Waals surface area (Å²) < 4.78 is 21.3. The van der Waals surface area contributed by atoms with Gasteiger partial charge in [0.2, 0.25) is 6.79 Å². The second-order valence-electron chi connectivity index (χ2n) is 5.91. The summed E-state index contributed by atoms with van der Waals surface area (Å²) in [5.74, 6) is 1.51. The smallest absolute Gasteiger partial charge is 0.314 e. The summed E-state index contributed by atoms with van der Waals surface area (Å²) in [4.78, 5) is 14.3. The van der Waals surface area contributed by atoms with Crippen molar-refractivity contribution in [1.29, 1.82) is 0 Å². The van der Waals surface area contributed by atoms with Crippen molar-refractivity contribution in [3.05, 3.63) is 23.8 Å². The lowest BCUT2D eigenvalue weighted by atomic mass is 10.0. The van der Waals surface area contributed by atoms with Gasteiger partial charge in [0, 0.05) is 33.3 Å². The van der Waals surface area contributed by atoms with Crippen LogP contribution in [-0.2, 0) is 9.47 Å². The lowest BCUT2D eigenvalue weighted by molar-refractivity contribution is 0.0166. The third-order valence-electron chi connectivity index (χ3n) is 4.32. The summed E-state index contributed by atoms with van der Waals surface area (Å²) in [6.45, 7) is 4.76. The fourth-order valence-electron chi connectivity index (χ4n) is 2.99. The molecule has 8 heteroatoms. The Bertz CT molecular complexity index is 577. The predicted molar refractivity (Wildman–Crippen MR) is 91.0 cm³/mol. The van der Waals surface area contributed by atoms with Crippen molar-refractivity contribution in [2.45, 2.75) is 6.04 Å². The summed E-state index contributed by atoms with van der Waals surface area (Å²) in [5.41, 5.74) is 1.09. The number of amides is 2. The summed E-state index contributed by atoms with van der Waals surface area (Å²) in [6.07, 6.45) is 0. The van der Waals surface area contributed by atoms with Crippen LogP contribution in [0.5, 0.6) is 11.5 Å². The highest BCUT2D eigenvalue weighted by atomic mass is 16.7. The minimum Gasteiger partial charge on any atom is -0.454 e. The molecule has 1 atom stereocenters. The molecule has 8 nitrogen and oxygen atoms in total. The fraction of sp³-hybridized carbons (Fsp3) is 0.588. The number of rotatable bonds is 7. The first-order valence-corrected chi connectivity index (χ1v) is 8.50. The molecule has 2 aliphatic rings. The van der Waals surface area contributed by atoms with Gasteiger partial charge in [0.1, 0.15) is 0 Å². The number of ether oxygens (including phenoxy) is 4. The number of morpholine rings is 1. The van der Waals surface area contributed by atoms with Gasteiger partial charge in [-0.05, 0) is 17.7 Å². The number of fused-ring (bicyclic) bond motifs is 1. The van der Waals surface area contributed by atoms with Gasteiger partial charge in [0.25, 0.3) is 0 Å². The molecule has 1 aromatic rings. The first kappa shape index (κ1) is 17.8. The summed E-state index contributed by atoms with van der Waals surface area (Å²) >= 11 is 0. The Kier molecular flexibility index (Phi) is 6.32. The summed E-state index contributed by atoms with van der Waals surface area (Å²) in [6, 6.07) is 5.79. The maximum atomic E-state index is 12.0. The van der Waals surface area contributed by atoms with Crippen molar-refractivity contribution in [2.75, 3.05) is 59.9 Å². The molecular weight excluding hydrogens is 326 g/mol. The van der Waals surface area contributed by atoms with E-state index >= 15 is 0 Å². The van der Waals surface area contributed by atoms with Crippen molar-refractivity contribution in [3.63, 3.8) is 0 Å². The predicted octanol–water partition coefficient (Wildman–Crippen LogP) is 0.734. The van der Waals surface area contributed by atoms with E-state index in [4.69, 9.17) is 18.9 Å². The Labute approximate surface area is 147 Å². The van der Waals surface area contributed by atoms with Crippen LogP contribution in [0, 0.1) is 0 Å². The molecule has 25 heavy (non-hydrogen) atoms. The lowest BCUT2D eigenvalue weighted by Gasteiger charge is -2.35. The molecule has 2 aliphatic heterocycles. The summed E-state index contributed by atoms with van der Waals surface area (Å²) in [7, 11) is 1.60. The van der Waals surface area contributed by atoms with Gasteiger partial charge in [0.15, 0.2) is 11.5 Å². The van der Waals surface area contributed by atoms with E-state index in [-0.39, 0.29) is 18.9 Å². The van der Waals surface area contributed by atoms with Gasteiger partial charge in [-0.15, -0.1) is 0 Å². The molecule has 3 rings (SSSR count). The van der Waals surface area contributed by atoms with Crippen molar-refractivity contribution >= 4 is 6.03 Å². The zero-order valence-corrected chi connectivity index (χ0v) is 14.5. The molecule has 0 saturated carbocycles. The van der Waals surface area contributed by atoms with E-state index in [1.807, 2.05) is 18.2 Å². The second-order valence-corrected chi connectivity index (χ2v) is 5.91. The SMILES string of the molecule is COCCNC(=O)NCC(c1ccc2c(c1)OCO2)N1CCOCC1. The standard InChI is InChI=1S/C17H25N3O5/c1-22-7-4-18-17(21)19-11-14(20-5-8-23-9-6-20)13-2-3-15-16(10-13)25-12-24-15/h2-3,10,14H,4-9,11-12H2,1H3,(H2,18,19,21). The van der Waals surface area contributed by atoms with Crippen LogP contribution in [0.2, 0.25) is 0 Å². The number of urea groups is 1. The molecule has 1 aromatic carbocycles. The van der Waals surface area contributed by atoms with E-state index in [1.54, 1.807) is 7.11 Å². The van der Waals surface area contributed by atoms with E-state index in [0.717, 1.165) is 30.2 Å². The van der Waals surface area contributed by atoms with Crippen LogP contribution >= 0.6 is 0 Å². The molecule has 0 radical (unpaired) electrons. The van der Waals surface area contributed by atoms with Gasteiger partial charge in [-0.3, -0.25) is 4.90 Å². The van der Waals surface area contributed by atoms with E-state index in [0.29, 0.717) is 32.9 Å². The number of nitrogens with one attached hydrogen (secondary N) is 2. The van der Waals surface area contributed by atoms with Crippen LogP contribution in [0.25, 0.3) is 0 Å². The Morgan fingerprint density at radius 2 is 2.04 bits per heavy atom. The van der Waals surface area contributed by atoms with Gasteiger partial charge < -0.3 is 29.6 Å².